The first-order valence-corrected chi connectivity index (χ1v) is 6.44. The van der Waals surface area contributed by atoms with Crippen LogP contribution in [0, 0.1) is 0 Å². The van der Waals surface area contributed by atoms with Crippen molar-refractivity contribution in [1.29, 1.82) is 0 Å². The minimum Gasteiger partial charge on any atom is -0.320 e. The van der Waals surface area contributed by atoms with Crippen molar-refractivity contribution in [2.75, 3.05) is 5.32 Å². The first-order chi connectivity index (χ1) is 9.26. The van der Waals surface area contributed by atoms with Crippen molar-refractivity contribution >= 4 is 11.6 Å². The van der Waals surface area contributed by atoms with E-state index in [1.54, 1.807) is 12.3 Å². The van der Waals surface area contributed by atoms with Gasteiger partial charge in [0.2, 0.25) is 0 Å². The molecule has 1 amide bonds. The largest absolute Gasteiger partial charge is 0.320 e. The van der Waals surface area contributed by atoms with E-state index in [0.717, 1.165) is 29.7 Å². The van der Waals surface area contributed by atoms with Gasteiger partial charge < -0.3 is 5.32 Å². The zero-order valence-electron chi connectivity index (χ0n) is 11.2. The summed E-state index contributed by atoms with van der Waals surface area (Å²) in [4.78, 5) is 19.9. The number of amides is 1. The van der Waals surface area contributed by atoms with Crippen LogP contribution >= 0.6 is 0 Å². The van der Waals surface area contributed by atoms with Crippen LogP contribution in [0.3, 0.4) is 0 Å². The van der Waals surface area contributed by atoms with Crippen LogP contribution in [-0.2, 0) is 12.8 Å². The number of rotatable bonds is 4. The summed E-state index contributed by atoms with van der Waals surface area (Å²) in [6.07, 6.45) is 4.70. The van der Waals surface area contributed by atoms with Gasteiger partial charge in [0.15, 0.2) is 0 Å². The fourth-order valence-corrected chi connectivity index (χ4v) is 2.01. The Morgan fingerprint density at radius 3 is 2.37 bits per heavy atom. The Kier molecular flexibility index (Phi) is 4.23. The third-order valence-corrected chi connectivity index (χ3v) is 3.05. The van der Waals surface area contributed by atoms with E-state index in [0.29, 0.717) is 5.69 Å². The number of anilines is 1. The van der Waals surface area contributed by atoms with Crippen molar-refractivity contribution in [3.8, 4) is 0 Å². The molecule has 2 rings (SSSR count). The number of nitrogens with one attached hydrogen (secondary N) is 1. The van der Waals surface area contributed by atoms with Gasteiger partial charge in [0, 0.05) is 11.9 Å². The summed E-state index contributed by atoms with van der Waals surface area (Å²) >= 11 is 0. The molecule has 0 unspecified atom stereocenters. The molecule has 0 atom stereocenters. The van der Waals surface area contributed by atoms with E-state index >= 15 is 0 Å². The molecule has 4 nitrogen and oxygen atoms in total. The van der Waals surface area contributed by atoms with Crippen molar-refractivity contribution in [2.24, 2.45) is 0 Å². The fraction of sp³-hybridized carbons (Fsp3) is 0.267. The normalized spacial score (nSPS) is 10.2. The molecule has 98 valence electrons. The second-order valence-electron chi connectivity index (χ2n) is 4.21. The van der Waals surface area contributed by atoms with E-state index in [9.17, 15) is 4.79 Å². The number of carbonyl (C=O) groups is 1. The Bertz CT molecular complexity index is 545. The summed E-state index contributed by atoms with van der Waals surface area (Å²) in [6, 6.07) is 7.71. The van der Waals surface area contributed by atoms with Crippen LogP contribution in [0.2, 0.25) is 0 Å². The maximum atomic E-state index is 12.1. The highest BCUT2D eigenvalue weighted by Gasteiger charge is 2.12. The number of carbonyl (C=O) groups excluding carboxylic acids is 1. The molecule has 19 heavy (non-hydrogen) atoms. The van der Waals surface area contributed by atoms with Gasteiger partial charge in [0.05, 0.1) is 0 Å². The van der Waals surface area contributed by atoms with Gasteiger partial charge in [-0.2, -0.15) is 0 Å². The molecule has 0 aliphatic carbocycles. The molecule has 0 saturated carbocycles. The lowest BCUT2D eigenvalue weighted by Gasteiger charge is -2.13. The van der Waals surface area contributed by atoms with Crippen LogP contribution in [0.25, 0.3) is 0 Å². The van der Waals surface area contributed by atoms with Gasteiger partial charge in [0.25, 0.3) is 5.91 Å². The maximum absolute atomic E-state index is 12.1. The van der Waals surface area contributed by atoms with Crippen LogP contribution in [0.5, 0.6) is 0 Å². The molecule has 0 spiro atoms. The van der Waals surface area contributed by atoms with Gasteiger partial charge in [-0.15, -0.1) is 0 Å². The lowest BCUT2D eigenvalue weighted by molar-refractivity contribution is 0.102. The van der Waals surface area contributed by atoms with Crippen LogP contribution in [0.1, 0.15) is 35.5 Å². The van der Waals surface area contributed by atoms with E-state index in [1.807, 2.05) is 18.2 Å². The van der Waals surface area contributed by atoms with E-state index in [2.05, 4.69) is 29.1 Å². The highest BCUT2D eigenvalue weighted by Crippen LogP contribution is 2.23. The van der Waals surface area contributed by atoms with Crippen LogP contribution in [0.15, 0.2) is 36.8 Å². The van der Waals surface area contributed by atoms with E-state index < -0.39 is 0 Å². The smallest absolute Gasteiger partial charge is 0.274 e. The molecule has 1 aromatic heterocycles. The van der Waals surface area contributed by atoms with E-state index in [1.165, 1.54) is 6.33 Å². The first kappa shape index (κ1) is 13.2. The summed E-state index contributed by atoms with van der Waals surface area (Å²) in [5.41, 5.74) is 3.57. The van der Waals surface area contributed by atoms with Crippen LogP contribution < -0.4 is 5.32 Å². The molecule has 4 heteroatoms. The van der Waals surface area contributed by atoms with Gasteiger partial charge in [-0.25, -0.2) is 9.97 Å². The number of nitrogens with zero attached hydrogens (tertiary/aromatic N) is 2. The number of hydrogen-bond donors (Lipinski definition) is 1. The lowest BCUT2D eigenvalue weighted by atomic mass is 10.0. The predicted octanol–water partition coefficient (Wildman–Crippen LogP) is 2.85. The molecule has 0 fully saturated rings. The molecular weight excluding hydrogens is 238 g/mol. The Hall–Kier alpha value is -2.23. The number of hydrogen-bond acceptors (Lipinski definition) is 3. The molecule has 1 aromatic carbocycles. The molecule has 1 heterocycles. The summed E-state index contributed by atoms with van der Waals surface area (Å²) in [6.45, 7) is 4.16. The molecule has 0 aliphatic rings. The summed E-state index contributed by atoms with van der Waals surface area (Å²) in [5.74, 6) is -0.196. The number of aryl methyl sites for hydroxylation is 2. The van der Waals surface area contributed by atoms with E-state index in [4.69, 9.17) is 0 Å². The lowest BCUT2D eigenvalue weighted by Crippen LogP contribution is -2.16. The summed E-state index contributed by atoms with van der Waals surface area (Å²) in [5, 5.41) is 2.97. The van der Waals surface area contributed by atoms with Crippen molar-refractivity contribution in [2.45, 2.75) is 26.7 Å². The summed E-state index contributed by atoms with van der Waals surface area (Å²) < 4.78 is 0. The van der Waals surface area contributed by atoms with Crippen molar-refractivity contribution in [3.05, 3.63) is 53.6 Å². The molecule has 0 radical (unpaired) electrons. The second kappa shape index (κ2) is 6.09. The Morgan fingerprint density at radius 1 is 1.16 bits per heavy atom. The standard InChI is InChI=1S/C15H17N3O/c1-3-11-6-5-7-12(4-2)14(11)18-15(19)13-8-9-16-10-17-13/h5-10H,3-4H2,1-2H3,(H,18,19). The van der Waals surface area contributed by atoms with Crippen molar-refractivity contribution in [3.63, 3.8) is 0 Å². The van der Waals surface area contributed by atoms with Gasteiger partial charge >= 0.3 is 0 Å². The highest BCUT2D eigenvalue weighted by atomic mass is 16.1. The first-order valence-electron chi connectivity index (χ1n) is 6.44. The zero-order chi connectivity index (χ0) is 13.7. The van der Waals surface area contributed by atoms with Gasteiger partial charge in [-0.1, -0.05) is 32.0 Å². The Labute approximate surface area is 112 Å². The van der Waals surface area contributed by atoms with Crippen molar-refractivity contribution < 1.29 is 4.79 Å². The molecular formula is C15H17N3O. The van der Waals surface area contributed by atoms with E-state index in [-0.39, 0.29) is 5.91 Å². The molecule has 0 bridgehead atoms. The zero-order valence-corrected chi connectivity index (χ0v) is 11.2. The monoisotopic (exact) mass is 255 g/mol. The minimum absolute atomic E-state index is 0.196. The van der Waals surface area contributed by atoms with Gasteiger partial charge in [0.1, 0.15) is 12.0 Å². The number of benzene rings is 1. The molecule has 0 saturated heterocycles. The van der Waals surface area contributed by atoms with Crippen molar-refractivity contribution in [1.82, 2.24) is 9.97 Å². The highest BCUT2D eigenvalue weighted by molar-refractivity contribution is 6.03. The molecule has 2 aromatic rings. The average Bonchev–Trinajstić information content (AvgIpc) is 2.48. The Balaban J connectivity index is 2.30. The molecule has 0 aliphatic heterocycles. The third-order valence-electron chi connectivity index (χ3n) is 3.05. The minimum atomic E-state index is -0.196. The predicted molar refractivity (Wildman–Crippen MR) is 75.2 cm³/mol. The quantitative estimate of drug-likeness (QED) is 0.914. The number of para-hydroxylation sites is 1. The summed E-state index contributed by atoms with van der Waals surface area (Å²) in [7, 11) is 0. The maximum Gasteiger partial charge on any atom is 0.274 e. The average molecular weight is 255 g/mol. The SMILES string of the molecule is CCc1cccc(CC)c1NC(=O)c1ccncn1. The van der Waals surface area contributed by atoms with Crippen LogP contribution in [0.4, 0.5) is 5.69 Å². The fourth-order valence-electron chi connectivity index (χ4n) is 2.01. The topological polar surface area (TPSA) is 54.9 Å². The van der Waals surface area contributed by atoms with Gasteiger partial charge in [-0.05, 0) is 30.0 Å². The van der Waals surface area contributed by atoms with Gasteiger partial charge in [-0.3, -0.25) is 4.79 Å². The number of aromatic nitrogens is 2. The van der Waals surface area contributed by atoms with Crippen LogP contribution in [-0.4, -0.2) is 15.9 Å². The third kappa shape index (κ3) is 2.96. The Morgan fingerprint density at radius 2 is 1.84 bits per heavy atom. The second-order valence-corrected chi connectivity index (χ2v) is 4.21. The molecule has 1 N–H and O–H groups in total.